The van der Waals surface area contributed by atoms with E-state index in [2.05, 4.69) is 113 Å². The molecule has 4 aromatic carbocycles. The van der Waals surface area contributed by atoms with Gasteiger partial charge in [0, 0.05) is 0 Å². The van der Waals surface area contributed by atoms with Crippen LogP contribution in [0.25, 0.3) is 28.3 Å². The molecule has 1 unspecified atom stereocenters. The Kier molecular flexibility index (Phi) is 6.77. The molecule has 0 aromatic heterocycles. The molecule has 0 bridgehead atoms. The summed E-state index contributed by atoms with van der Waals surface area (Å²) in [6, 6.07) is 29.0. The molecule has 1 aliphatic heterocycles. The Hall–Kier alpha value is -1.70. The van der Waals surface area contributed by atoms with E-state index in [9.17, 15) is 0 Å². The standard InChI is InChI=1S/C21H23.C12H9Si.2ClH.Zr/c1-14(2)11-17-12-18-10-9-16(4)21(20(18)13-17)19-8-6-5-7-15(19)3;1-3-7-11-9(5-1)10-6-2-4-8-12(10)13-11;;;/h5-10,12-14H,11H2,1-4H3;1-7H,13H2;2*1H;/q;;;;+2/p-2. The zero-order valence-corrected chi connectivity index (χ0v) is 27.3. The molecule has 0 spiro atoms. The molecule has 1 aliphatic carbocycles. The number of benzene rings is 4. The van der Waals surface area contributed by atoms with E-state index in [1.807, 2.05) is 0 Å². The van der Waals surface area contributed by atoms with Crippen molar-refractivity contribution in [3.8, 4) is 22.3 Å². The van der Waals surface area contributed by atoms with Crippen molar-refractivity contribution in [2.45, 2.75) is 37.7 Å². The maximum absolute atomic E-state index is 7.83. The van der Waals surface area contributed by atoms with E-state index in [1.165, 1.54) is 63.7 Å². The van der Waals surface area contributed by atoms with Gasteiger partial charge in [0.05, 0.1) is 0 Å². The zero-order chi connectivity index (χ0) is 25.9. The van der Waals surface area contributed by atoms with Gasteiger partial charge in [-0.3, -0.25) is 0 Å². The second kappa shape index (κ2) is 9.80. The van der Waals surface area contributed by atoms with Gasteiger partial charge in [-0.05, 0) is 0 Å². The van der Waals surface area contributed by atoms with Gasteiger partial charge in [-0.1, -0.05) is 0 Å². The molecular weight excluding hydrogens is 587 g/mol. The molecule has 0 radical (unpaired) electrons. The van der Waals surface area contributed by atoms with E-state index in [1.54, 1.807) is 0 Å². The van der Waals surface area contributed by atoms with Crippen LogP contribution in [-0.4, -0.2) is 9.52 Å². The van der Waals surface area contributed by atoms with Gasteiger partial charge in [0.25, 0.3) is 0 Å². The molecule has 4 aromatic rings. The van der Waals surface area contributed by atoms with E-state index in [4.69, 9.17) is 17.0 Å². The number of allylic oxidation sites excluding steroid dienone is 1. The van der Waals surface area contributed by atoms with Crippen LogP contribution < -0.4 is 13.6 Å². The van der Waals surface area contributed by atoms with Crippen molar-refractivity contribution in [1.29, 1.82) is 0 Å². The Bertz CT molecular complexity index is 1570. The molecule has 0 nitrogen and oxygen atoms in total. The first-order valence-corrected chi connectivity index (χ1v) is 23.6. The monoisotopic (exact) mass is 616 g/mol. The van der Waals surface area contributed by atoms with E-state index < -0.39 is 27.4 Å². The Labute approximate surface area is 235 Å². The predicted octanol–water partition coefficient (Wildman–Crippen LogP) is 7.34. The van der Waals surface area contributed by atoms with Crippen LogP contribution in [0.15, 0.2) is 84.4 Å². The summed E-state index contributed by atoms with van der Waals surface area (Å²) in [5.74, 6) is 0.543. The van der Waals surface area contributed by atoms with Crippen LogP contribution in [0.1, 0.15) is 46.1 Å². The molecule has 6 rings (SSSR count). The third-order valence-corrected chi connectivity index (χ3v) is 22.5. The van der Waals surface area contributed by atoms with Crippen LogP contribution in [0.2, 0.25) is 0 Å². The van der Waals surface area contributed by atoms with E-state index in [0.29, 0.717) is 5.92 Å². The van der Waals surface area contributed by atoms with Crippen molar-refractivity contribution >= 4 is 46.3 Å². The quantitative estimate of drug-likeness (QED) is 0.181. The van der Waals surface area contributed by atoms with Crippen LogP contribution in [0.3, 0.4) is 0 Å². The van der Waals surface area contributed by atoms with Crippen LogP contribution in [0.5, 0.6) is 0 Å². The summed E-state index contributed by atoms with van der Waals surface area (Å²) >= 11 is -3.95. The molecule has 0 N–H and O–H groups in total. The average molecular weight is 619 g/mol. The molecule has 4 heteroatoms. The second-order valence-electron chi connectivity index (χ2n) is 11.1. The summed E-state index contributed by atoms with van der Waals surface area (Å²) in [7, 11) is 15.0. The SMILES string of the molecule is Cc1ccccc1-c1c(C)ccc2c1C=C(CC(C)C)[CH]2[Zr]([Cl])([Cl])[c]1cccc2c1[SiH2]c1ccccc1-2. The molecule has 186 valence electrons. The number of rotatable bonds is 5. The summed E-state index contributed by atoms with van der Waals surface area (Å²) < 4.78 is 1.44. The number of halogens is 2. The molecule has 0 saturated heterocycles. The van der Waals surface area contributed by atoms with Gasteiger partial charge in [0.2, 0.25) is 0 Å². The van der Waals surface area contributed by atoms with Crippen LogP contribution >= 0.6 is 17.0 Å². The van der Waals surface area contributed by atoms with Crippen molar-refractivity contribution in [3.05, 3.63) is 107 Å². The Balaban J connectivity index is 1.54. The molecule has 1 heterocycles. The van der Waals surface area contributed by atoms with Crippen molar-refractivity contribution in [3.63, 3.8) is 0 Å². The molecule has 0 fully saturated rings. The summed E-state index contributed by atoms with van der Waals surface area (Å²) in [4.78, 5) is 0. The van der Waals surface area contributed by atoms with Gasteiger partial charge in [-0.15, -0.1) is 0 Å². The summed E-state index contributed by atoms with van der Waals surface area (Å²) in [6.45, 7) is 9.05. The zero-order valence-electron chi connectivity index (χ0n) is 21.9. The van der Waals surface area contributed by atoms with Gasteiger partial charge >= 0.3 is 237 Å². The second-order valence-corrected chi connectivity index (χ2v) is 26.9. The summed E-state index contributed by atoms with van der Waals surface area (Å²) in [6.07, 6.45) is 3.48. The minimum absolute atomic E-state index is 0.127. The van der Waals surface area contributed by atoms with E-state index >= 15 is 0 Å². The van der Waals surface area contributed by atoms with Crippen molar-refractivity contribution < 1.29 is 17.9 Å². The molecule has 1 atom stereocenters. The Morgan fingerprint density at radius 3 is 2.24 bits per heavy atom. The summed E-state index contributed by atoms with van der Waals surface area (Å²) in [5.41, 5.74) is 12.1. The maximum atomic E-state index is 7.83. The number of aryl methyl sites for hydroxylation is 2. The average Bonchev–Trinajstić information content (AvgIpc) is 3.42. The third kappa shape index (κ3) is 4.29. The molecule has 37 heavy (non-hydrogen) atoms. The fourth-order valence-corrected chi connectivity index (χ4v) is 23.3. The van der Waals surface area contributed by atoms with Crippen LogP contribution in [0.4, 0.5) is 0 Å². The first kappa shape index (κ1) is 25.6. The summed E-state index contributed by atoms with van der Waals surface area (Å²) in [5, 5.41) is 3.01. The van der Waals surface area contributed by atoms with Gasteiger partial charge in [-0.25, -0.2) is 0 Å². The normalized spacial score (nSPS) is 16.6. The third-order valence-electron chi connectivity index (χ3n) is 8.13. The van der Waals surface area contributed by atoms with Crippen molar-refractivity contribution in [2.24, 2.45) is 5.92 Å². The fourth-order valence-electron chi connectivity index (χ4n) is 6.53. The molecule has 0 saturated carbocycles. The number of fused-ring (bicyclic) bond motifs is 4. The first-order valence-electron chi connectivity index (χ1n) is 13.3. The van der Waals surface area contributed by atoms with Crippen molar-refractivity contribution in [2.75, 3.05) is 0 Å². The molecule has 2 aliphatic rings. The minimum atomic E-state index is -3.95. The van der Waals surface area contributed by atoms with Gasteiger partial charge in [-0.2, -0.15) is 0 Å². The fraction of sp³-hybridized carbons (Fsp3) is 0.212. The molecule has 0 amide bonds. The Morgan fingerprint density at radius 2 is 1.49 bits per heavy atom. The number of hydrogen-bond donors (Lipinski definition) is 0. The molecular formula is C33H32Cl2SiZr. The van der Waals surface area contributed by atoms with Crippen LogP contribution in [-0.2, 0) is 17.9 Å². The van der Waals surface area contributed by atoms with E-state index in [0.717, 1.165) is 6.42 Å². The van der Waals surface area contributed by atoms with Crippen LogP contribution in [0, 0.1) is 19.8 Å². The van der Waals surface area contributed by atoms with Gasteiger partial charge < -0.3 is 0 Å². The first-order chi connectivity index (χ1) is 17.8. The van der Waals surface area contributed by atoms with E-state index in [-0.39, 0.29) is 3.63 Å². The number of hydrogen-bond acceptors (Lipinski definition) is 0. The van der Waals surface area contributed by atoms with Gasteiger partial charge in [0.1, 0.15) is 0 Å². The van der Waals surface area contributed by atoms with Gasteiger partial charge in [0.15, 0.2) is 0 Å². The van der Waals surface area contributed by atoms with Crippen molar-refractivity contribution in [1.82, 2.24) is 0 Å². The predicted molar refractivity (Wildman–Crippen MR) is 163 cm³/mol. The topological polar surface area (TPSA) is 0 Å². The Morgan fingerprint density at radius 1 is 0.784 bits per heavy atom.